The second kappa shape index (κ2) is 10.8. The van der Waals surface area contributed by atoms with Crippen molar-refractivity contribution in [1.82, 2.24) is 5.43 Å². The predicted molar refractivity (Wildman–Crippen MR) is 124 cm³/mol. The van der Waals surface area contributed by atoms with Crippen LogP contribution in [0.1, 0.15) is 15.9 Å². The van der Waals surface area contributed by atoms with Gasteiger partial charge in [-0.1, -0.05) is 53.0 Å². The Morgan fingerprint density at radius 1 is 0.935 bits per heavy atom. The summed E-state index contributed by atoms with van der Waals surface area (Å²) in [5.74, 6) is -0.387. The quantitative estimate of drug-likeness (QED) is 0.352. The number of rotatable bonds is 7. The van der Waals surface area contributed by atoms with Crippen LogP contribution in [0.2, 0.25) is 15.1 Å². The minimum absolute atomic E-state index is 0.265. The molecule has 3 aromatic carbocycles. The molecule has 3 aromatic rings. The largest absolute Gasteiger partial charge is 0.483 e. The van der Waals surface area contributed by atoms with E-state index < -0.39 is 5.91 Å². The van der Waals surface area contributed by atoms with Gasteiger partial charge in [0.1, 0.15) is 5.75 Å². The van der Waals surface area contributed by atoms with Crippen LogP contribution in [0.3, 0.4) is 0 Å². The molecule has 9 heteroatoms. The maximum Gasteiger partial charge on any atom is 0.271 e. The minimum Gasteiger partial charge on any atom is -0.483 e. The van der Waals surface area contributed by atoms with Gasteiger partial charge in [0.15, 0.2) is 6.61 Å². The maximum atomic E-state index is 12.2. The van der Waals surface area contributed by atoms with Gasteiger partial charge >= 0.3 is 0 Å². The summed E-state index contributed by atoms with van der Waals surface area (Å²) in [5.41, 5.74) is 3.88. The lowest BCUT2D eigenvalue weighted by molar-refractivity contribution is -0.118. The SMILES string of the molecule is O=C(COc1ccc(Cl)cc1/C=N/NC(=O)c1ccccc1)Nc1ccc(Cl)c(Cl)c1. The van der Waals surface area contributed by atoms with Gasteiger partial charge in [0, 0.05) is 21.8 Å². The fourth-order valence-corrected chi connectivity index (χ4v) is 2.96. The summed E-state index contributed by atoms with van der Waals surface area (Å²) in [5, 5.41) is 7.77. The molecule has 0 saturated heterocycles. The Labute approximate surface area is 193 Å². The number of benzene rings is 3. The first-order chi connectivity index (χ1) is 14.9. The third-order valence-electron chi connectivity index (χ3n) is 3.94. The summed E-state index contributed by atoms with van der Waals surface area (Å²) < 4.78 is 5.59. The normalized spacial score (nSPS) is 10.7. The van der Waals surface area contributed by atoms with Crippen molar-refractivity contribution in [2.24, 2.45) is 5.10 Å². The Balaban J connectivity index is 1.62. The molecule has 6 nitrogen and oxygen atoms in total. The highest BCUT2D eigenvalue weighted by Gasteiger charge is 2.09. The summed E-state index contributed by atoms with van der Waals surface area (Å²) in [7, 11) is 0. The van der Waals surface area contributed by atoms with Gasteiger partial charge in [-0.25, -0.2) is 5.43 Å². The maximum absolute atomic E-state index is 12.2. The van der Waals surface area contributed by atoms with Crippen molar-refractivity contribution in [2.75, 3.05) is 11.9 Å². The predicted octanol–water partition coefficient (Wildman–Crippen LogP) is 5.43. The molecule has 0 aromatic heterocycles. The molecule has 0 radical (unpaired) electrons. The average Bonchev–Trinajstić information content (AvgIpc) is 2.76. The van der Waals surface area contributed by atoms with E-state index in [1.165, 1.54) is 12.3 Å². The Hall–Kier alpha value is -3.06. The molecule has 158 valence electrons. The number of amides is 2. The summed E-state index contributed by atoms with van der Waals surface area (Å²) in [6.45, 7) is -0.265. The van der Waals surface area contributed by atoms with E-state index in [2.05, 4.69) is 15.8 Å². The van der Waals surface area contributed by atoms with Gasteiger partial charge in [0.25, 0.3) is 11.8 Å². The van der Waals surface area contributed by atoms with Crippen molar-refractivity contribution in [1.29, 1.82) is 0 Å². The lowest BCUT2D eigenvalue weighted by atomic mass is 10.2. The molecule has 0 heterocycles. The molecule has 0 unspecified atom stereocenters. The van der Waals surface area contributed by atoms with Gasteiger partial charge in [-0.2, -0.15) is 5.10 Å². The van der Waals surface area contributed by atoms with Gasteiger partial charge < -0.3 is 10.1 Å². The molecule has 0 aliphatic rings. The zero-order valence-corrected chi connectivity index (χ0v) is 18.2. The number of hydrogen-bond acceptors (Lipinski definition) is 4. The number of carbonyl (C=O) groups excluding carboxylic acids is 2. The van der Waals surface area contributed by atoms with E-state index in [1.807, 2.05) is 6.07 Å². The van der Waals surface area contributed by atoms with Crippen molar-refractivity contribution in [3.63, 3.8) is 0 Å². The van der Waals surface area contributed by atoms with Crippen LogP contribution in [-0.4, -0.2) is 24.6 Å². The third kappa shape index (κ3) is 6.72. The number of ether oxygens (including phenoxy) is 1. The van der Waals surface area contributed by atoms with Crippen molar-refractivity contribution in [2.45, 2.75) is 0 Å². The van der Waals surface area contributed by atoms with Crippen LogP contribution in [0.4, 0.5) is 5.69 Å². The first-order valence-corrected chi connectivity index (χ1v) is 10.1. The zero-order chi connectivity index (χ0) is 22.2. The van der Waals surface area contributed by atoms with E-state index in [0.717, 1.165) is 0 Å². The van der Waals surface area contributed by atoms with Crippen LogP contribution < -0.4 is 15.5 Å². The highest BCUT2D eigenvalue weighted by Crippen LogP contribution is 2.25. The molecule has 0 aliphatic carbocycles. The molecule has 0 fully saturated rings. The van der Waals surface area contributed by atoms with E-state index in [1.54, 1.807) is 54.6 Å². The van der Waals surface area contributed by atoms with Crippen LogP contribution in [0.5, 0.6) is 5.75 Å². The Morgan fingerprint density at radius 3 is 2.45 bits per heavy atom. The molecule has 2 amide bonds. The van der Waals surface area contributed by atoms with E-state index in [-0.39, 0.29) is 12.5 Å². The molecular weight excluding hydrogens is 461 g/mol. The van der Waals surface area contributed by atoms with Crippen molar-refractivity contribution < 1.29 is 14.3 Å². The number of anilines is 1. The Morgan fingerprint density at radius 2 is 1.71 bits per heavy atom. The monoisotopic (exact) mass is 475 g/mol. The molecule has 0 aliphatic heterocycles. The van der Waals surface area contributed by atoms with E-state index in [4.69, 9.17) is 39.5 Å². The van der Waals surface area contributed by atoms with Crippen molar-refractivity contribution >= 4 is 58.5 Å². The van der Waals surface area contributed by atoms with Gasteiger partial charge in [-0.15, -0.1) is 0 Å². The fourth-order valence-electron chi connectivity index (χ4n) is 2.48. The average molecular weight is 477 g/mol. The van der Waals surface area contributed by atoms with Crippen LogP contribution in [-0.2, 0) is 4.79 Å². The lowest BCUT2D eigenvalue weighted by Gasteiger charge is -2.10. The van der Waals surface area contributed by atoms with Crippen molar-refractivity contribution in [3.05, 3.63) is 92.9 Å². The summed E-state index contributed by atoms with van der Waals surface area (Å²) in [6, 6.07) is 18.2. The molecule has 0 bridgehead atoms. The van der Waals surface area contributed by atoms with Crippen LogP contribution in [0.15, 0.2) is 71.8 Å². The van der Waals surface area contributed by atoms with Crippen LogP contribution in [0, 0.1) is 0 Å². The number of nitrogens with zero attached hydrogens (tertiary/aromatic N) is 1. The van der Waals surface area contributed by atoms with E-state index in [0.29, 0.717) is 37.6 Å². The van der Waals surface area contributed by atoms with Gasteiger partial charge in [0.2, 0.25) is 0 Å². The van der Waals surface area contributed by atoms with E-state index in [9.17, 15) is 9.59 Å². The van der Waals surface area contributed by atoms with Gasteiger partial charge in [-0.05, 0) is 48.5 Å². The highest BCUT2D eigenvalue weighted by atomic mass is 35.5. The molecule has 0 spiro atoms. The second-order valence-corrected chi connectivity index (χ2v) is 7.46. The summed E-state index contributed by atoms with van der Waals surface area (Å²) >= 11 is 17.9. The van der Waals surface area contributed by atoms with Crippen LogP contribution >= 0.6 is 34.8 Å². The number of nitrogens with one attached hydrogen (secondary N) is 2. The number of carbonyl (C=O) groups is 2. The fraction of sp³-hybridized carbons (Fsp3) is 0.0455. The standard InChI is InChI=1S/C22H16Cl3N3O3/c23-16-6-9-20(31-13-21(29)27-17-7-8-18(24)19(25)11-17)15(10-16)12-26-28-22(30)14-4-2-1-3-5-14/h1-12H,13H2,(H,27,29)(H,28,30)/b26-12+. The smallest absolute Gasteiger partial charge is 0.271 e. The highest BCUT2D eigenvalue weighted by molar-refractivity contribution is 6.42. The second-order valence-electron chi connectivity index (χ2n) is 6.21. The molecule has 31 heavy (non-hydrogen) atoms. The number of hydrazone groups is 1. The molecule has 0 saturated carbocycles. The number of halogens is 3. The topological polar surface area (TPSA) is 79.8 Å². The number of hydrogen-bond donors (Lipinski definition) is 2. The molecule has 0 atom stereocenters. The van der Waals surface area contributed by atoms with E-state index >= 15 is 0 Å². The Bertz CT molecular complexity index is 1120. The van der Waals surface area contributed by atoms with Crippen LogP contribution in [0.25, 0.3) is 0 Å². The summed E-state index contributed by atoms with van der Waals surface area (Å²) in [4.78, 5) is 24.3. The summed E-state index contributed by atoms with van der Waals surface area (Å²) in [6.07, 6.45) is 1.39. The zero-order valence-electron chi connectivity index (χ0n) is 15.9. The first kappa shape index (κ1) is 22.6. The molecule has 3 rings (SSSR count). The lowest BCUT2D eigenvalue weighted by Crippen LogP contribution is -2.20. The van der Waals surface area contributed by atoms with Gasteiger partial charge in [-0.3, -0.25) is 9.59 Å². The minimum atomic E-state index is -0.395. The third-order valence-corrected chi connectivity index (χ3v) is 4.91. The first-order valence-electron chi connectivity index (χ1n) is 8.98. The van der Waals surface area contributed by atoms with Gasteiger partial charge in [0.05, 0.1) is 16.3 Å². The van der Waals surface area contributed by atoms with Crippen molar-refractivity contribution in [3.8, 4) is 5.75 Å². The molecular formula is C22H16Cl3N3O3. The Kier molecular flexibility index (Phi) is 7.89. The molecule has 2 N–H and O–H groups in total.